The second-order valence-corrected chi connectivity index (χ2v) is 5.66. The Morgan fingerprint density at radius 3 is 2.63 bits per heavy atom. The van der Waals surface area contributed by atoms with E-state index in [1.165, 1.54) is 0 Å². The van der Waals surface area contributed by atoms with Gasteiger partial charge >= 0.3 is 0 Å². The maximum Gasteiger partial charge on any atom is 0.227 e. The molecular formula is C15H17ClN2O. The van der Waals surface area contributed by atoms with Gasteiger partial charge in [0.15, 0.2) is 0 Å². The average Bonchev–Trinajstić information content (AvgIpc) is 2.41. The summed E-state index contributed by atoms with van der Waals surface area (Å²) in [6.45, 7) is 2.23. The van der Waals surface area contributed by atoms with E-state index in [1.54, 1.807) is 18.2 Å². The van der Waals surface area contributed by atoms with Gasteiger partial charge in [-0.3, -0.25) is 4.79 Å². The number of amides is 1. The molecule has 1 aliphatic rings. The Balaban J connectivity index is 2.01. The molecule has 1 aromatic rings. The van der Waals surface area contributed by atoms with E-state index >= 15 is 0 Å². The quantitative estimate of drug-likeness (QED) is 0.888. The number of anilines is 1. The van der Waals surface area contributed by atoms with Crippen LogP contribution in [0.5, 0.6) is 0 Å². The van der Waals surface area contributed by atoms with E-state index in [9.17, 15) is 4.79 Å². The lowest BCUT2D eigenvalue weighted by atomic mass is 9.82. The first kappa shape index (κ1) is 13.9. The van der Waals surface area contributed by atoms with Gasteiger partial charge in [-0.2, -0.15) is 5.26 Å². The number of benzene rings is 1. The van der Waals surface area contributed by atoms with Gasteiger partial charge in [0.1, 0.15) is 0 Å². The smallest absolute Gasteiger partial charge is 0.227 e. The van der Waals surface area contributed by atoms with Gasteiger partial charge in [-0.25, -0.2) is 0 Å². The molecule has 1 aromatic carbocycles. The Bertz CT molecular complexity index is 513. The third-order valence-corrected chi connectivity index (χ3v) is 4.06. The fraction of sp³-hybridized carbons (Fsp3) is 0.467. The zero-order valence-electron chi connectivity index (χ0n) is 10.9. The summed E-state index contributed by atoms with van der Waals surface area (Å²) in [5.74, 6) is 0.851. The van der Waals surface area contributed by atoms with Crippen molar-refractivity contribution < 1.29 is 4.79 Å². The molecule has 1 N–H and O–H groups in total. The molecule has 0 aliphatic heterocycles. The highest BCUT2D eigenvalue weighted by molar-refractivity contribution is 6.33. The van der Waals surface area contributed by atoms with Crippen LogP contribution in [0.3, 0.4) is 0 Å². The van der Waals surface area contributed by atoms with Gasteiger partial charge in [0.25, 0.3) is 0 Å². The van der Waals surface area contributed by atoms with Gasteiger partial charge in [-0.1, -0.05) is 18.5 Å². The third kappa shape index (κ3) is 3.48. The van der Waals surface area contributed by atoms with Crippen LogP contribution in [0.1, 0.15) is 38.2 Å². The molecule has 1 saturated carbocycles. The van der Waals surface area contributed by atoms with Crippen LogP contribution in [0, 0.1) is 23.2 Å². The van der Waals surface area contributed by atoms with Gasteiger partial charge in [0, 0.05) is 5.92 Å². The van der Waals surface area contributed by atoms with Crippen molar-refractivity contribution in [3.8, 4) is 6.07 Å². The summed E-state index contributed by atoms with van der Waals surface area (Å²) in [6.07, 6.45) is 4.11. The lowest BCUT2D eigenvalue weighted by Gasteiger charge is -2.25. The summed E-state index contributed by atoms with van der Waals surface area (Å²) in [6, 6.07) is 6.93. The van der Waals surface area contributed by atoms with Crippen molar-refractivity contribution in [3.63, 3.8) is 0 Å². The van der Waals surface area contributed by atoms with Gasteiger partial charge in [-0.15, -0.1) is 0 Å². The van der Waals surface area contributed by atoms with E-state index in [-0.39, 0.29) is 11.8 Å². The number of hydrogen-bond donors (Lipinski definition) is 1. The molecule has 0 unspecified atom stereocenters. The number of carbonyl (C=O) groups excluding carboxylic acids is 1. The number of rotatable bonds is 2. The number of hydrogen-bond acceptors (Lipinski definition) is 2. The summed E-state index contributed by atoms with van der Waals surface area (Å²) in [5, 5.41) is 12.0. The molecule has 3 nitrogen and oxygen atoms in total. The summed E-state index contributed by atoms with van der Waals surface area (Å²) in [7, 11) is 0. The van der Waals surface area contributed by atoms with E-state index in [1.807, 2.05) is 6.07 Å². The zero-order chi connectivity index (χ0) is 13.8. The van der Waals surface area contributed by atoms with Crippen LogP contribution in [-0.4, -0.2) is 5.91 Å². The van der Waals surface area contributed by atoms with Crippen molar-refractivity contribution in [1.82, 2.24) is 0 Å². The summed E-state index contributed by atoms with van der Waals surface area (Å²) < 4.78 is 0. The molecule has 0 spiro atoms. The van der Waals surface area contributed by atoms with E-state index in [0.717, 1.165) is 31.6 Å². The molecule has 0 aromatic heterocycles. The Hall–Kier alpha value is -1.53. The Morgan fingerprint density at radius 1 is 1.37 bits per heavy atom. The average molecular weight is 277 g/mol. The molecule has 0 saturated heterocycles. The highest BCUT2D eigenvalue weighted by atomic mass is 35.5. The summed E-state index contributed by atoms with van der Waals surface area (Å²) >= 11 is 6.05. The first-order chi connectivity index (χ1) is 9.10. The minimum absolute atomic E-state index is 0.0403. The number of halogens is 1. The molecule has 19 heavy (non-hydrogen) atoms. The molecular weight excluding hydrogens is 260 g/mol. The second kappa shape index (κ2) is 6.08. The molecule has 2 rings (SSSR count). The van der Waals surface area contributed by atoms with Crippen molar-refractivity contribution in [1.29, 1.82) is 5.26 Å². The summed E-state index contributed by atoms with van der Waals surface area (Å²) in [4.78, 5) is 12.1. The van der Waals surface area contributed by atoms with Crippen LogP contribution in [-0.2, 0) is 4.79 Å². The lowest BCUT2D eigenvalue weighted by Crippen LogP contribution is -2.26. The van der Waals surface area contributed by atoms with E-state index in [2.05, 4.69) is 12.2 Å². The van der Waals surface area contributed by atoms with Crippen molar-refractivity contribution in [2.24, 2.45) is 11.8 Å². The van der Waals surface area contributed by atoms with E-state index in [0.29, 0.717) is 16.3 Å². The van der Waals surface area contributed by atoms with Crippen LogP contribution in [0.2, 0.25) is 5.02 Å². The van der Waals surface area contributed by atoms with E-state index in [4.69, 9.17) is 16.9 Å². The minimum atomic E-state index is 0.0403. The minimum Gasteiger partial charge on any atom is -0.325 e. The van der Waals surface area contributed by atoms with Crippen LogP contribution < -0.4 is 5.32 Å². The largest absolute Gasteiger partial charge is 0.325 e. The highest BCUT2D eigenvalue weighted by Gasteiger charge is 2.24. The standard InChI is InChI=1S/C15H17ClN2O/c1-10-2-5-12(6-3-10)15(19)18-14-7-4-11(9-17)8-13(14)16/h4,7-8,10,12H,2-3,5-6H2,1H3,(H,18,19). The predicted octanol–water partition coefficient (Wildman–Crippen LogP) is 3.98. The fourth-order valence-electron chi connectivity index (χ4n) is 2.44. The molecule has 1 fully saturated rings. The molecule has 1 amide bonds. The number of nitrogens with one attached hydrogen (secondary N) is 1. The van der Waals surface area contributed by atoms with Crippen molar-refractivity contribution in [2.75, 3.05) is 5.32 Å². The molecule has 0 atom stereocenters. The Labute approximate surface area is 118 Å². The third-order valence-electron chi connectivity index (χ3n) is 3.74. The van der Waals surface area contributed by atoms with Crippen LogP contribution >= 0.6 is 11.6 Å². The van der Waals surface area contributed by atoms with Crippen molar-refractivity contribution in [2.45, 2.75) is 32.6 Å². The second-order valence-electron chi connectivity index (χ2n) is 5.25. The Kier molecular flexibility index (Phi) is 4.44. The maximum atomic E-state index is 12.1. The summed E-state index contributed by atoms with van der Waals surface area (Å²) in [5.41, 5.74) is 1.08. The highest BCUT2D eigenvalue weighted by Crippen LogP contribution is 2.30. The van der Waals surface area contributed by atoms with Gasteiger partial charge in [0.2, 0.25) is 5.91 Å². The van der Waals surface area contributed by atoms with E-state index < -0.39 is 0 Å². The normalized spacial score (nSPS) is 22.6. The SMILES string of the molecule is CC1CCC(C(=O)Nc2ccc(C#N)cc2Cl)CC1. The van der Waals surface area contributed by atoms with Gasteiger partial charge in [-0.05, 0) is 49.8 Å². The van der Waals surface area contributed by atoms with Crippen molar-refractivity contribution in [3.05, 3.63) is 28.8 Å². The Morgan fingerprint density at radius 2 is 2.05 bits per heavy atom. The molecule has 0 bridgehead atoms. The first-order valence-electron chi connectivity index (χ1n) is 6.60. The van der Waals surface area contributed by atoms with Gasteiger partial charge < -0.3 is 5.32 Å². The molecule has 0 heterocycles. The molecule has 0 radical (unpaired) electrons. The monoisotopic (exact) mass is 276 g/mol. The fourth-order valence-corrected chi connectivity index (χ4v) is 2.67. The molecule has 100 valence electrons. The zero-order valence-corrected chi connectivity index (χ0v) is 11.7. The number of carbonyl (C=O) groups is 1. The predicted molar refractivity (Wildman–Crippen MR) is 75.9 cm³/mol. The lowest BCUT2D eigenvalue weighted by molar-refractivity contribution is -0.121. The van der Waals surface area contributed by atoms with Crippen LogP contribution in [0.4, 0.5) is 5.69 Å². The maximum absolute atomic E-state index is 12.1. The van der Waals surface area contributed by atoms with Crippen LogP contribution in [0.15, 0.2) is 18.2 Å². The number of nitrogens with zero attached hydrogens (tertiary/aromatic N) is 1. The van der Waals surface area contributed by atoms with Gasteiger partial charge in [0.05, 0.1) is 22.3 Å². The first-order valence-corrected chi connectivity index (χ1v) is 6.98. The number of nitriles is 1. The van der Waals surface area contributed by atoms with Crippen molar-refractivity contribution >= 4 is 23.2 Å². The molecule has 1 aliphatic carbocycles. The topological polar surface area (TPSA) is 52.9 Å². The van der Waals surface area contributed by atoms with Crippen LogP contribution in [0.25, 0.3) is 0 Å². The molecule has 4 heteroatoms.